The molecule has 6 nitrogen and oxygen atoms in total. The van der Waals surface area contributed by atoms with Crippen LogP contribution >= 0.6 is 11.6 Å². The van der Waals surface area contributed by atoms with Gasteiger partial charge < -0.3 is 10.6 Å². The Hall–Kier alpha value is -1.66. The molecule has 2 N–H and O–H groups in total. The SMILES string of the molecule is NC1CCN(C(=O)c2cc([N+](=O)[O-])ccc2Cl)CC1. The molecule has 0 unspecified atom stereocenters. The van der Waals surface area contributed by atoms with Crippen molar-refractivity contribution in [3.63, 3.8) is 0 Å². The highest BCUT2D eigenvalue weighted by Crippen LogP contribution is 2.24. The van der Waals surface area contributed by atoms with Crippen molar-refractivity contribution in [1.29, 1.82) is 0 Å². The Morgan fingerprint density at radius 2 is 2.05 bits per heavy atom. The Labute approximate surface area is 115 Å². The fraction of sp³-hybridized carbons (Fsp3) is 0.417. The van der Waals surface area contributed by atoms with Gasteiger partial charge in [0.1, 0.15) is 0 Å². The normalized spacial score (nSPS) is 16.4. The third kappa shape index (κ3) is 3.02. The zero-order chi connectivity index (χ0) is 14.0. The van der Waals surface area contributed by atoms with E-state index >= 15 is 0 Å². The molecule has 19 heavy (non-hydrogen) atoms. The van der Waals surface area contributed by atoms with Gasteiger partial charge in [0.2, 0.25) is 0 Å². The van der Waals surface area contributed by atoms with E-state index in [1.54, 1.807) is 4.90 Å². The number of carbonyl (C=O) groups excluding carboxylic acids is 1. The summed E-state index contributed by atoms with van der Waals surface area (Å²) in [5.41, 5.74) is 5.81. The second-order valence-corrected chi connectivity index (χ2v) is 4.96. The lowest BCUT2D eigenvalue weighted by Crippen LogP contribution is -2.42. The molecule has 1 aromatic carbocycles. The average molecular weight is 284 g/mol. The molecule has 0 radical (unpaired) electrons. The molecule has 0 saturated carbocycles. The number of nitrogens with zero attached hydrogens (tertiary/aromatic N) is 2. The smallest absolute Gasteiger partial charge is 0.270 e. The number of benzene rings is 1. The Morgan fingerprint density at radius 3 is 2.63 bits per heavy atom. The van der Waals surface area contributed by atoms with Gasteiger partial charge in [0.25, 0.3) is 11.6 Å². The van der Waals surface area contributed by atoms with E-state index in [0.29, 0.717) is 13.1 Å². The van der Waals surface area contributed by atoms with E-state index in [4.69, 9.17) is 17.3 Å². The van der Waals surface area contributed by atoms with E-state index in [-0.39, 0.29) is 28.2 Å². The number of hydrogen-bond acceptors (Lipinski definition) is 4. The Balaban J connectivity index is 2.23. The summed E-state index contributed by atoms with van der Waals surface area (Å²) in [4.78, 5) is 24.1. The highest BCUT2D eigenvalue weighted by molar-refractivity contribution is 6.33. The molecule has 0 bridgehead atoms. The maximum atomic E-state index is 12.3. The number of rotatable bonds is 2. The van der Waals surface area contributed by atoms with E-state index in [9.17, 15) is 14.9 Å². The van der Waals surface area contributed by atoms with E-state index in [2.05, 4.69) is 0 Å². The largest absolute Gasteiger partial charge is 0.338 e. The molecule has 0 aromatic heterocycles. The number of non-ortho nitro benzene ring substituents is 1. The van der Waals surface area contributed by atoms with Gasteiger partial charge in [-0.15, -0.1) is 0 Å². The van der Waals surface area contributed by atoms with Crippen molar-refractivity contribution >= 4 is 23.2 Å². The topological polar surface area (TPSA) is 89.5 Å². The van der Waals surface area contributed by atoms with E-state index in [1.165, 1.54) is 18.2 Å². The minimum atomic E-state index is -0.542. The second-order valence-electron chi connectivity index (χ2n) is 4.55. The van der Waals surface area contributed by atoms with Crippen LogP contribution < -0.4 is 5.73 Å². The maximum Gasteiger partial charge on any atom is 0.270 e. The summed E-state index contributed by atoms with van der Waals surface area (Å²) >= 11 is 5.95. The lowest BCUT2D eigenvalue weighted by molar-refractivity contribution is -0.384. The summed E-state index contributed by atoms with van der Waals surface area (Å²) in [6.07, 6.45) is 1.47. The van der Waals surface area contributed by atoms with Crippen molar-refractivity contribution in [3.05, 3.63) is 38.9 Å². The average Bonchev–Trinajstić information content (AvgIpc) is 2.39. The summed E-state index contributed by atoms with van der Waals surface area (Å²) in [7, 11) is 0. The molecule has 1 aliphatic heterocycles. The first-order valence-corrected chi connectivity index (χ1v) is 6.35. The minimum absolute atomic E-state index is 0.115. The van der Waals surface area contributed by atoms with Gasteiger partial charge in [-0.3, -0.25) is 14.9 Å². The van der Waals surface area contributed by atoms with Gasteiger partial charge in [0, 0.05) is 31.3 Å². The Kier molecular flexibility index (Phi) is 4.01. The van der Waals surface area contributed by atoms with Crippen LogP contribution in [0.15, 0.2) is 18.2 Å². The quantitative estimate of drug-likeness (QED) is 0.662. The van der Waals surface area contributed by atoms with Crippen LogP contribution in [0.25, 0.3) is 0 Å². The fourth-order valence-corrected chi connectivity index (χ4v) is 2.26. The summed E-state index contributed by atoms with van der Waals surface area (Å²) in [5.74, 6) is -0.277. The molecule has 1 aliphatic rings. The Bertz CT molecular complexity index is 513. The third-order valence-electron chi connectivity index (χ3n) is 3.22. The van der Waals surface area contributed by atoms with Gasteiger partial charge in [0.15, 0.2) is 0 Å². The van der Waals surface area contributed by atoms with Crippen LogP contribution in [0.2, 0.25) is 5.02 Å². The molecule has 1 heterocycles. The van der Waals surface area contributed by atoms with Gasteiger partial charge >= 0.3 is 0 Å². The minimum Gasteiger partial charge on any atom is -0.338 e. The van der Waals surface area contributed by atoms with Gasteiger partial charge in [0.05, 0.1) is 15.5 Å². The van der Waals surface area contributed by atoms with Gasteiger partial charge in [-0.2, -0.15) is 0 Å². The van der Waals surface area contributed by atoms with E-state index < -0.39 is 4.92 Å². The van der Waals surface area contributed by atoms with Crippen molar-refractivity contribution in [2.75, 3.05) is 13.1 Å². The number of nitrogens with two attached hydrogens (primary N) is 1. The van der Waals surface area contributed by atoms with E-state index in [0.717, 1.165) is 12.8 Å². The van der Waals surface area contributed by atoms with Crippen molar-refractivity contribution in [3.8, 4) is 0 Å². The van der Waals surface area contributed by atoms with Crippen LogP contribution in [0.4, 0.5) is 5.69 Å². The summed E-state index contributed by atoms with van der Waals surface area (Å²) < 4.78 is 0. The van der Waals surface area contributed by atoms with Gasteiger partial charge in [-0.25, -0.2) is 0 Å². The fourth-order valence-electron chi connectivity index (χ4n) is 2.06. The molecule has 0 spiro atoms. The molecule has 1 fully saturated rings. The molecule has 7 heteroatoms. The van der Waals surface area contributed by atoms with Crippen molar-refractivity contribution in [1.82, 2.24) is 4.90 Å². The summed E-state index contributed by atoms with van der Waals surface area (Å²) in [6.45, 7) is 1.11. The number of halogens is 1. The molecular formula is C12H14ClN3O3. The first-order valence-electron chi connectivity index (χ1n) is 5.98. The molecule has 0 aliphatic carbocycles. The number of carbonyl (C=O) groups is 1. The van der Waals surface area contributed by atoms with Gasteiger partial charge in [-0.05, 0) is 18.9 Å². The number of nitro groups is 1. The first-order chi connectivity index (χ1) is 8.99. The monoisotopic (exact) mass is 283 g/mol. The van der Waals surface area contributed by atoms with Crippen molar-refractivity contribution in [2.24, 2.45) is 5.73 Å². The number of hydrogen-bond donors (Lipinski definition) is 1. The predicted octanol–water partition coefficient (Wildman–Crippen LogP) is 1.81. The Morgan fingerprint density at radius 1 is 1.42 bits per heavy atom. The van der Waals surface area contributed by atoms with Crippen molar-refractivity contribution < 1.29 is 9.72 Å². The van der Waals surface area contributed by atoms with Crippen LogP contribution in [0.3, 0.4) is 0 Å². The number of piperidine rings is 1. The second kappa shape index (κ2) is 5.54. The molecular weight excluding hydrogens is 270 g/mol. The van der Waals surface area contributed by atoms with E-state index in [1.807, 2.05) is 0 Å². The van der Waals surface area contributed by atoms with Gasteiger partial charge in [-0.1, -0.05) is 11.6 Å². The third-order valence-corrected chi connectivity index (χ3v) is 3.55. The zero-order valence-electron chi connectivity index (χ0n) is 10.2. The zero-order valence-corrected chi connectivity index (χ0v) is 11.0. The summed E-state index contributed by atoms with van der Waals surface area (Å²) in [6, 6.07) is 4.00. The van der Waals surface area contributed by atoms with Crippen LogP contribution in [-0.4, -0.2) is 34.9 Å². The standard InChI is InChI=1S/C12H14ClN3O3/c13-11-2-1-9(16(18)19)7-10(11)12(17)15-5-3-8(14)4-6-15/h1-2,7-8H,3-6,14H2. The lowest BCUT2D eigenvalue weighted by atomic mass is 10.0. The number of likely N-dealkylation sites (tertiary alicyclic amines) is 1. The number of nitro benzene ring substituents is 1. The molecule has 2 rings (SSSR count). The maximum absolute atomic E-state index is 12.3. The van der Waals surface area contributed by atoms with Crippen LogP contribution in [-0.2, 0) is 0 Å². The highest BCUT2D eigenvalue weighted by atomic mass is 35.5. The lowest BCUT2D eigenvalue weighted by Gasteiger charge is -2.30. The molecule has 1 saturated heterocycles. The van der Waals surface area contributed by atoms with Crippen LogP contribution in [0.5, 0.6) is 0 Å². The van der Waals surface area contributed by atoms with Crippen LogP contribution in [0, 0.1) is 10.1 Å². The highest BCUT2D eigenvalue weighted by Gasteiger charge is 2.24. The molecule has 102 valence electrons. The van der Waals surface area contributed by atoms with Crippen molar-refractivity contribution in [2.45, 2.75) is 18.9 Å². The summed E-state index contributed by atoms with van der Waals surface area (Å²) in [5, 5.41) is 11.0. The number of amides is 1. The molecule has 1 amide bonds. The molecule has 1 aromatic rings. The van der Waals surface area contributed by atoms with Crippen LogP contribution in [0.1, 0.15) is 23.2 Å². The predicted molar refractivity (Wildman–Crippen MR) is 71.2 cm³/mol. The molecule has 0 atom stereocenters. The first kappa shape index (κ1) is 13.8.